The highest BCUT2D eigenvalue weighted by Gasteiger charge is 2.19. The molecule has 2 N–H and O–H groups in total. The summed E-state index contributed by atoms with van der Waals surface area (Å²) in [6.45, 7) is 10.6. The standard InChI is InChI=1S/C16H30N6O.HI/c1-4-14-8-6-7-10-22(14)11-9-18-16(17-5-2)19-12-15-20-13(3)23-21-15;/h14H,4-12H2,1-3H3,(H2,17,18,19);1H. The normalized spacial score (nSPS) is 19.0. The maximum Gasteiger partial charge on any atom is 0.223 e. The summed E-state index contributed by atoms with van der Waals surface area (Å²) in [5.74, 6) is 1.99. The van der Waals surface area contributed by atoms with E-state index in [1.54, 1.807) is 6.92 Å². The summed E-state index contributed by atoms with van der Waals surface area (Å²) in [7, 11) is 0. The van der Waals surface area contributed by atoms with E-state index in [0.717, 1.165) is 31.6 Å². The Kier molecular flexibility index (Phi) is 10.2. The molecule has 2 heterocycles. The first-order chi connectivity index (χ1) is 11.2. The smallest absolute Gasteiger partial charge is 0.223 e. The molecule has 2 rings (SSSR count). The fourth-order valence-corrected chi connectivity index (χ4v) is 3.03. The summed E-state index contributed by atoms with van der Waals surface area (Å²) < 4.78 is 4.96. The van der Waals surface area contributed by atoms with E-state index in [2.05, 4.69) is 44.5 Å². The lowest BCUT2D eigenvalue weighted by Gasteiger charge is -2.35. The second-order valence-corrected chi connectivity index (χ2v) is 5.95. The fraction of sp³-hybridized carbons (Fsp3) is 0.812. The Morgan fingerprint density at radius 3 is 2.83 bits per heavy atom. The lowest BCUT2D eigenvalue weighted by Crippen LogP contribution is -2.45. The Balaban J connectivity index is 0.00000288. The highest BCUT2D eigenvalue weighted by molar-refractivity contribution is 14.0. The summed E-state index contributed by atoms with van der Waals surface area (Å²) in [5.41, 5.74) is 0. The maximum atomic E-state index is 4.96. The topological polar surface area (TPSA) is 78.6 Å². The lowest BCUT2D eigenvalue weighted by atomic mass is 10.0. The van der Waals surface area contributed by atoms with Crippen molar-refractivity contribution in [2.75, 3.05) is 26.2 Å². The molecule has 8 heteroatoms. The molecule has 7 nitrogen and oxygen atoms in total. The van der Waals surface area contributed by atoms with E-state index in [1.165, 1.54) is 32.2 Å². The number of halogens is 1. The third kappa shape index (κ3) is 6.92. The van der Waals surface area contributed by atoms with Crippen molar-refractivity contribution >= 4 is 29.9 Å². The number of aryl methyl sites for hydroxylation is 1. The van der Waals surface area contributed by atoms with Crippen molar-refractivity contribution in [3.63, 3.8) is 0 Å². The molecule has 138 valence electrons. The monoisotopic (exact) mass is 450 g/mol. The first kappa shape index (κ1) is 21.1. The molecule has 0 amide bonds. The minimum Gasteiger partial charge on any atom is -0.357 e. The van der Waals surface area contributed by atoms with Crippen molar-refractivity contribution in [1.82, 2.24) is 25.7 Å². The molecular formula is C16H31IN6O. The van der Waals surface area contributed by atoms with Gasteiger partial charge < -0.3 is 15.2 Å². The van der Waals surface area contributed by atoms with Crippen LogP contribution in [0.3, 0.4) is 0 Å². The van der Waals surface area contributed by atoms with Gasteiger partial charge >= 0.3 is 0 Å². The Bertz CT molecular complexity index is 493. The van der Waals surface area contributed by atoms with Crippen LogP contribution in [0.5, 0.6) is 0 Å². The number of piperidine rings is 1. The molecule has 0 aromatic carbocycles. The SMILES string of the molecule is CCNC(=NCc1noc(C)n1)NCCN1CCCCC1CC.I. The quantitative estimate of drug-likeness (QED) is 0.377. The second-order valence-electron chi connectivity index (χ2n) is 5.95. The van der Waals surface area contributed by atoms with E-state index < -0.39 is 0 Å². The van der Waals surface area contributed by atoms with Gasteiger partial charge in [-0.15, -0.1) is 24.0 Å². The molecule has 0 radical (unpaired) electrons. The van der Waals surface area contributed by atoms with Crippen molar-refractivity contribution < 1.29 is 4.52 Å². The zero-order valence-electron chi connectivity index (χ0n) is 15.0. The van der Waals surface area contributed by atoms with Crippen molar-refractivity contribution in [3.05, 3.63) is 11.7 Å². The van der Waals surface area contributed by atoms with Gasteiger partial charge in [-0.2, -0.15) is 4.98 Å². The molecule has 1 aromatic rings. The first-order valence-corrected chi connectivity index (χ1v) is 8.78. The summed E-state index contributed by atoms with van der Waals surface area (Å²) >= 11 is 0. The Hall–Kier alpha value is -0.900. The number of nitrogens with zero attached hydrogens (tertiary/aromatic N) is 4. The molecule has 1 fully saturated rings. The molecule has 1 saturated heterocycles. The van der Waals surface area contributed by atoms with Crippen molar-refractivity contribution in [2.24, 2.45) is 4.99 Å². The van der Waals surface area contributed by atoms with Crippen LogP contribution in [0.4, 0.5) is 0 Å². The number of likely N-dealkylation sites (tertiary alicyclic amines) is 1. The van der Waals surface area contributed by atoms with Gasteiger partial charge in [-0.25, -0.2) is 4.99 Å². The van der Waals surface area contributed by atoms with Crippen LogP contribution in [0, 0.1) is 6.92 Å². The fourth-order valence-electron chi connectivity index (χ4n) is 3.03. The van der Waals surface area contributed by atoms with Gasteiger partial charge in [0, 0.05) is 32.6 Å². The molecule has 0 spiro atoms. The van der Waals surface area contributed by atoms with E-state index in [4.69, 9.17) is 4.52 Å². The highest BCUT2D eigenvalue weighted by atomic mass is 127. The average molecular weight is 450 g/mol. The Labute approximate surface area is 162 Å². The maximum absolute atomic E-state index is 4.96. The van der Waals surface area contributed by atoms with Crippen molar-refractivity contribution in [1.29, 1.82) is 0 Å². The van der Waals surface area contributed by atoms with Gasteiger partial charge in [0.15, 0.2) is 11.8 Å². The van der Waals surface area contributed by atoms with Gasteiger partial charge in [-0.3, -0.25) is 4.90 Å². The van der Waals surface area contributed by atoms with E-state index in [1.807, 2.05) is 0 Å². The average Bonchev–Trinajstić information content (AvgIpc) is 2.98. The van der Waals surface area contributed by atoms with Gasteiger partial charge in [-0.1, -0.05) is 18.5 Å². The number of guanidine groups is 1. The molecule has 0 bridgehead atoms. The van der Waals surface area contributed by atoms with Crippen molar-refractivity contribution in [2.45, 2.75) is 59.0 Å². The number of aliphatic imine (C=N–C) groups is 1. The third-order valence-corrected chi connectivity index (χ3v) is 4.20. The number of rotatable bonds is 7. The third-order valence-electron chi connectivity index (χ3n) is 4.20. The number of hydrogen-bond acceptors (Lipinski definition) is 5. The van der Waals surface area contributed by atoms with E-state index >= 15 is 0 Å². The minimum absolute atomic E-state index is 0. The molecule has 1 atom stereocenters. The lowest BCUT2D eigenvalue weighted by molar-refractivity contribution is 0.147. The van der Waals surface area contributed by atoms with Gasteiger partial charge in [0.1, 0.15) is 6.54 Å². The van der Waals surface area contributed by atoms with E-state index in [-0.39, 0.29) is 24.0 Å². The molecule has 24 heavy (non-hydrogen) atoms. The van der Waals surface area contributed by atoms with Crippen LogP contribution >= 0.6 is 24.0 Å². The predicted molar refractivity (Wildman–Crippen MR) is 107 cm³/mol. The Morgan fingerprint density at radius 1 is 1.33 bits per heavy atom. The van der Waals surface area contributed by atoms with E-state index in [9.17, 15) is 0 Å². The van der Waals surface area contributed by atoms with Crippen molar-refractivity contribution in [3.8, 4) is 0 Å². The molecule has 0 saturated carbocycles. The molecule has 1 aromatic heterocycles. The second kappa shape index (κ2) is 11.6. The van der Waals surface area contributed by atoms with Crippen LogP contribution in [0.25, 0.3) is 0 Å². The summed E-state index contributed by atoms with van der Waals surface area (Å²) in [6.07, 6.45) is 5.27. The molecule has 1 unspecified atom stereocenters. The summed E-state index contributed by atoms with van der Waals surface area (Å²) in [5, 5.41) is 10.5. The molecule has 0 aliphatic carbocycles. The predicted octanol–water partition coefficient (Wildman–Crippen LogP) is 2.32. The van der Waals surface area contributed by atoms with E-state index in [0.29, 0.717) is 18.3 Å². The van der Waals surface area contributed by atoms with Crippen LogP contribution in [-0.2, 0) is 6.54 Å². The molecule has 1 aliphatic rings. The number of hydrogen-bond donors (Lipinski definition) is 2. The van der Waals surface area contributed by atoms with Gasteiger partial charge in [0.05, 0.1) is 0 Å². The molecular weight excluding hydrogens is 419 g/mol. The highest BCUT2D eigenvalue weighted by Crippen LogP contribution is 2.18. The minimum atomic E-state index is 0. The van der Waals surface area contributed by atoms with Crippen LogP contribution in [0.2, 0.25) is 0 Å². The zero-order valence-corrected chi connectivity index (χ0v) is 17.4. The van der Waals surface area contributed by atoms with Gasteiger partial charge in [0.25, 0.3) is 0 Å². The first-order valence-electron chi connectivity index (χ1n) is 8.78. The van der Waals surface area contributed by atoms with Gasteiger partial charge in [0.2, 0.25) is 5.89 Å². The number of aromatic nitrogens is 2. The van der Waals surface area contributed by atoms with Crippen LogP contribution in [0.1, 0.15) is 51.2 Å². The van der Waals surface area contributed by atoms with Crippen LogP contribution in [0.15, 0.2) is 9.52 Å². The molecule has 1 aliphatic heterocycles. The largest absolute Gasteiger partial charge is 0.357 e. The number of nitrogens with one attached hydrogen (secondary N) is 2. The zero-order chi connectivity index (χ0) is 16.5. The summed E-state index contributed by atoms with van der Waals surface area (Å²) in [4.78, 5) is 11.3. The summed E-state index contributed by atoms with van der Waals surface area (Å²) in [6, 6.07) is 0.743. The van der Waals surface area contributed by atoms with Crippen LogP contribution < -0.4 is 10.6 Å². The van der Waals surface area contributed by atoms with Crippen LogP contribution in [-0.4, -0.2) is 53.2 Å². The van der Waals surface area contributed by atoms with Gasteiger partial charge in [-0.05, 0) is 32.7 Å². The Morgan fingerprint density at radius 2 is 2.17 bits per heavy atom.